The monoisotopic (exact) mass is 507 g/mol. The van der Waals surface area contributed by atoms with Gasteiger partial charge in [0.25, 0.3) is 0 Å². The molecule has 0 aliphatic carbocycles. The van der Waals surface area contributed by atoms with Crippen LogP contribution in [0.25, 0.3) is 11.3 Å². The summed E-state index contributed by atoms with van der Waals surface area (Å²) in [6.07, 6.45) is 6.56. The van der Waals surface area contributed by atoms with E-state index in [0.29, 0.717) is 56.1 Å². The minimum atomic E-state index is -0.932. The quantitative estimate of drug-likeness (QED) is 0.234. The fraction of sp³-hybridized carbons (Fsp3) is 0.379. The zero-order chi connectivity index (χ0) is 26.2. The summed E-state index contributed by atoms with van der Waals surface area (Å²) in [4.78, 5) is 11.5. The van der Waals surface area contributed by atoms with Gasteiger partial charge >= 0.3 is 5.97 Å². The molecule has 0 saturated carbocycles. The number of nitrogens with zero attached hydrogens (tertiary/aromatic N) is 1. The van der Waals surface area contributed by atoms with Crippen LogP contribution in [0.1, 0.15) is 42.9 Å². The number of aryl methyl sites for hydroxylation is 1. The van der Waals surface area contributed by atoms with Gasteiger partial charge in [0.05, 0.1) is 20.3 Å². The number of hydrogen-bond acceptors (Lipinski definition) is 7. The summed E-state index contributed by atoms with van der Waals surface area (Å²) in [6, 6.07) is 9.54. The van der Waals surface area contributed by atoms with Gasteiger partial charge in [0.1, 0.15) is 35.0 Å². The van der Waals surface area contributed by atoms with Crippen LogP contribution in [0.4, 0.5) is 0 Å². The van der Waals surface area contributed by atoms with Gasteiger partial charge in [0.2, 0.25) is 0 Å². The standard InChI is InChI=1S/C29H33NO7/c1-4-7-21-24(12-9-19-10-13-26(29(31)32)37-27(19)21)34-16-6-17-35-25-14-11-20(23-15-18-36-30-23)28(33-3)22(25)8-5-2/h5,9,11-12,14-15,18,26H,2,4,6-8,10,13,16-17H2,1,3H3,(H,31,32). The third-order valence-corrected chi connectivity index (χ3v) is 6.30. The molecule has 0 fully saturated rings. The number of fused-ring (bicyclic) bond motifs is 1. The molecule has 2 heterocycles. The molecule has 0 spiro atoms. The third kappa shape index (κ3) is 5.90. The number of hydrogen-bond donors (Lipinski definition) is 1. The second-order valence-electron chi connectivity index (χ2n) is 8.81. The van der Waals surface area contributed by atoms with Gasteiger partial charge in [0.15, 0.2) is 6.10 Å². The smallest absolute Gasteiger partial charge is 0.344 e. The summed E-state index contributed by atoms with van der Waals surface area (Å²) in [5, 5.41) is 13.4. The highest BCUT2D eigenvalue weighted by Gasteiger charge is 2.28. The van der Waals surface area contributed by atoms with Crippen LogP contribution in [0, 0.1) is 0 Å². The van der Waals surface area contributed by atoms with Gasteiger partial charge in [-0.25, -0.2) is 4.79 Å². The highest BCUT2D eigenvalue weighted by atomic mass is 16.5. The molecule has 37 heavy (non-hydrogen) atoms. The molecule has 1 aliphatic rings. The highest BCUT2D eigenvalue weighted by Crippen LogP contribution is 2.39. The van der Waals surface area contributed by atoms with Crippen LogP contribution in [-0.2, 0) is 24.1 Å². The zero-order valence-electron chi connectivity index (χ0n) is 21.3. The number of aliphatic carboxylic acids is 1. The van der Waals surface area contributed by atoms with Crippen molar-refractivity contribution in [3.05, 3.63) is 65.9 Å². The van der Waals surface area contributed by atoms with Crippen LogP contribution in [0.2, 0.25) is 0 Å². The molecule has 0 saturated heterocycles. The number of methoxy groups -OCH3 is 1. The molecule has 1 atom stereocenters. The summed E-state index contributed by atoms with van der Waals surface area (Å²) in [7, 11) is 1.62. The molecule has 196 valence electrons. The van der Waals surface area contributed by atoms with Crippen LogP contribution in [0.3, 0.4) is 0 Å². The number of rotatable bonds is 13. The van der Waals surface area contributed by atoms with E-state index in [2.05, 4.69) is 18.7 Å². The van der Waals surface area contributed by atoms with Crippen LogP contribution in [0.5, 0.6) is 23.0 Å². The number of carboxylic acid groups (broad SMARTS) is 1. The van der Waals surface area contributed by atoms with Gasteiger partial charge < -0.3 is 28.6 Å². The van der Waals surface area contributed by atoms with E-state index >= 15 is 0 Å². The van der Waals surface area contributed by atoms with Crippen molar-refractivity contribution in [1.82, 2.24) is 5.16 Å². The molecule has 2 aromatic carbocycles. The normalized spacial score (nSPS) is 14.4. The second-order valence-corrected chi connectivity index (χ2v) is 8.81. The zero-order valence-corrected chi connectivity index (χ0v) is 21.3. The lowest BCUT2D eigenvalue weighted by molar-refractivity contribution is -0.145. The number of allylic oxidation sites excluding steroid dienone is 1. The first-order valence-corrected chi connectivity index (χ1v) is 12.6. The van der Waals surface area contributed by atoms with Crippen LogP contribution in [-0.4, -0.2) is 42.7 Å². The Bertz CT molecular complexity index is 1220. The summed E-state index contributed by atoms with van der Waals surface area (Å²) < 4.78 is 28.8. The number of ether oxygens (including phenoxy) is 4. The van der Waals surface area contributed by atoms with E-state index in [1.807, 2.05) is 30.3 Å². The molecular weight excluding hydrogens is 474 g/mol. The van der Waals surface area contributed by atoms with Gasteiger partial charge in [-0.2, -0.15) is 0 Å². The first-order chi connectivity index (χ1) is 18.1. The number of carboxylic acids is 1. The largest absolute Gasteiger partial charge is 0.496 e. The molecule has 3 aromatic rings. The fourth-order valence-corrected chi connectivity index (χ4v) is 4.58. The molecule has 1 N–H and O–H groups in total. The molecule has 0 bridgehead atoms. The van der Waals surface area contributed by atoms with Gasteiger partial charge in [-0.15, -0.1) is 6.58 Å². The Labute approximate surface area is 216 Å². The molecule has 1 aliphatic heterocycles. The highest BCUT2D eigenvalue weighted by molar-refractivity contribution is 5.74. The van der Waals surface area contributed by atoms with Gasteiger partial charge in [-0.05, 0) is 49.4 Å². The Balaban J connectivity index is 1.41. The SMILES string of the molecule is C=CCc1c(OCCCOc2ccc3c(c2CCC)OC(C(=O)O)CC3)ccc(-c2ccon2)c1OC. The van der Waals surface area contributed by atoms with Crippen molar-refractivity contribution < 1.29 is 33.4 Å². The van der Waals surface area contributed by atoms with Crippen LogP contribution >= 0.6 is 0 Å². The molecule has 0 amide bonds. The number of benzene rings is 2. The van der Waals surface area contributed by atoms with Gasteiger partial charge in [-0.1, -0.05) is 30.6 Å². The molecule has 8 heteroatoms. The minimum absolute atomic E-state index is 0.447. The van der Waals surface area contributed by atoms with E-state index in [1.165, 1.54) is 6.26 Å². The minimum Gasteiger partial charge on any atom is -0.496 e. The molecule has 8 nitrogen and oxygen atoms in total. The van der Waals surface area contributed by atoms with E-state index in [9.17, 15) is 9.90 Å². The topological polar surface area (TPSA) is 100 Å². The summed E-state index contributed by atoms with van der Waals surface area (Å²) in [5.41, 5.74) is 4.38. The van der Waals surface area contributed by atoms with Gasteiger partial charge in [0, 0.05) is 29.2 Å². The maximum absolute atomic E-state index is 11.5. The number of aromatic nitrogens is 1. The molecule has 1 aromatic heterocycles. The van der Waals surface area contributed by atoms with Crippen LogP contribution in [0.15, 0.2) is 53.8 Å². The molecule has 4 rings (SSSR count). The van der Waals surface area contributed by atoms with Crippen molar-refractivity contribution in [1.29, 1.82) is 0 Å². The van der Waals surface area contributed by atoms with Gasteiger partial charge in [-0.3, -0.25) is 0 Å². The van der Waals surface area contributed by atoms with Crippen molar-refractivity contribution in [2.75, 3.05) is 20.3 Å². The third-order valence-electron chi connectivity index (χ3n) is 6.30. The average molecular weight is 508 g/mol. The average Bonchev–Trinajstić information content (AvgIpc) is 3.44. The lowest BCUT2D eigenvalue weighted by Gasteiger charge is -2.26. The predicted octanol–water partition coefficient (Wildman–Crippen LogP) is 5.66. The molecular formula is C29H33NO7. The van der Waals surface area contributed by atoms with E-state index in [1.54, 1.807) is 13.2 Å². The summed E-state index contributed by atoms with van der Waals surface area (Å²) >= 11 is 0. The summed E-state index contributed by atoms with van der Waals surface area (Å²) in [5.74, 6) is 1.87. The first kappa shape index (κ1) is 26.1. The Morgan fingerprint density at radius 3 is 2.57 bits per heavy atom. The van der Waals surface area contributed by atoms with E-state index in [0.717, 1.165) is 46.6 Å². The molecule has 0 radical (unpaired) electrons. The lowest BCUT2D eigenvalue weighted by atomic mass is 9.96. The lowest BCUT2D eigenvalue weighted by Crippen LogP contribution is -2.31. The van der Waals surface area contributed by atoms with E-state index in [-0.39, 0.29) is 0 Å². The maximum atomic E-state index is 11.5. The van der Waals surface area contributed by atoms with E-state index < -0.39 is 12.1 Å². The van der Waals surface area contributed by atoms with Crippen LogP contribution < -0.4 is 18.9 Å². The first-order valence-electron chi connectivity index (χ1n) is 12.6. The predicted molar refractivity (Wildman–Crippen MR) is 139 cm³/mol. The maximum Gasteiger partial charge on any atom is 0.344 e. The Hall–Kier alpha value is -3.94. The van der Waals surface area contributed by atoms with Crippen molar-refractivity contribution in [3.8, 4) is 34.3 Å². The van der Waals surface area contributed by atoms with Crippen molar-refractivity contribution in [2.45, 2.75) is 51.6 Å². The fourth-order valence-electron chi connectivity index (χ4n) is 4.58. The Kier molecular flexibility index (Phi) is 8.72. The van der Waals surface area contributed by atoms with Crippen molar-refractivity contribution >= 4 is 5.97 Å². The Morgan fingerprint density at radius 2 is 1.92 bits per heavy atom. The Morgan fingerprint density at radius 1 is 1.16 bits per heavy atom. The van der Waals surface area contributed by atoms with Crippen molar-refractivity contribution in [3.63, 3.8) is 0 Å². The summed E-state index contributed by atoms with van der Waals surface area (Å²) in [6.45, 7) is 6.84. The number of carbonyl (C=O) groups is 1. The van der Waals surface area contributed by atoms with E-state index in [4.69, 9.17) is 23.5 Å². The van der Waals surface area contributed by atoms with Crippen molar-refractivity contribution in [2.24, 2.45) is 0 Å². The second kappa shape index (κ2) is 12.3. The molecule has 1 unspecified atom stereocenters.